The Morgan fingerprint density at radius 2 is 2.00 bits per heavy atom. The highest BCUT2D eigenvalue weighted by Gasteiger charge is 2.30. The number of piperidine rings is 1. The lowest BCUT2D eigenvalue weighted by molar-refractivity contribution is -0.136. The van der Waals surface area contributed by atoms with Crippen molar-refractivity contribution in [2.75, 3.05) is 31.6 Å². The first-order valence-electron chi connectivity index (χ1n) is 11.3. The number of nitrogens with zero attached hydrogens (tertiary/aromatic N) is 6. The summed E-state index contributed by atoms with van der Waals surface area (Å²) in [7, 11) is 2.13. The van der Waals surface area contributed by atoms with E-state index in [0.29, 0.717) is 12.5 Å². The van der Waals surface area contributed by atoms with Crippen LogP contribution in [0, 0.1) is 12.8 Å². The van der Waals surface area contributed by atoms with Gasteiger partial charge in [-0.15, -0.1) is 0 Å². The van der Waals surface area contributed by atoms with E-state index in [4.69, 9.17) is 9.97 Å². The van der Waals surface area contributed by atoms with Crippen molar-refractivity contribution in [3.05, 3.63) is 35.3 Å². The molecule has 4 rings (SSSR count). The monoisotopic (exact) mass is 410 g/mol. The molecular formula is C23H34N6O. The van der Waals surface area contributed by atoms with E-state index < -0.39 is 0 Å². The van der Waals surface area contributed by atoms with Crippen LogP contribution in [0.2, 0.25) is 0 Å². The molecule has 7 heteroatoms. The second kappa shape index (κ2) is 8.74. The Bertz CT molecular complexity index is 899. The SMILES string of the molecule is CCc1nccn1C[C@@H](C)C(=O)N1CCC(c2nc(C)c3c(n2)N(C)CCC3)CC1. The van der Waals surface area contributed by atoms with Crippen LogP contribution >= 0.6 is 0 Å². The largest absolute Gasteiger partial charge is 0.359 e. The van der Waals surface area contributed by atoms with Gasteiger partial charge in [0.15, 0.2) is 0 Å². The minimum absolute atomic E-state index is 0.0445. The molecule has 0 N–H and O–H groups in total. The van der Waals surface area contributed by atoms with Crippen LogP contribution in [-0.4, -0.2) is 57.0 Å². The second-order valence-corrected chi connectivity index (χ2v) is 8.84. The molecule has 162 valence electrons. The van der Waals surface area contributed by atoms with Gasteiger partial charge in [-0.1, -0.05) is 13.8 Å². The van der Waals surface area contributed by atoms with Crippen LogP contribution in [0.1, 0.15) is 61.9 Å². The van der Waals surface area contributed by atoms with Crippen LogP contribution in [0.25, 0.3) is 0 Å². The molecule has 7 nitrogen and oxygen atoms in total. The van der Waals surface area contributed by atoms with Crippen molar-refractivity contribution in [2.24, 2.45) is 5.92 Å². The number of hydrogen-bond acceptors (Lipinski definition) is 5. The Balaban J connectivity index is 1.38. The summed E-state index contributed by atoms with van der Waals surface area (Å²) in [6.07, 6.45) is 8.80. The van der Waals surface area contributed by atoms with E-state index in [0.717, 1.165) is 68.5 Å². The first-order valence-corrected chi connectivity index (χ1v) is 11.3. The molecule has 2 aliphatic rings. The van der Waals surface area contributed by atoms with Crippen LogP contribution < -0.4 is 4.90 Å². The van der Waals surface area contributed by atoms with Gasteiger partial charge in [0.1, 0.15) is 17.5 Å². The number of amides is 1. The van der Waals surface area contributed by atoms with Gasteiger partial charge in [-0.3, -0.25) is 4.79 Å². The van der Waals surface area contributed by atoms with E-state index in [9.17, 15) is 4.79 Å². The van der Waals surface area contributed by atoms with Crippen LogP contribution in [0.15, 0.2) is 12.4 Å². The zero-order chi connectivity index (χ0) is 21.3. The third-order valence-electron chi connectivity index (χ3n) is 6.67. The highest BCUT2D eigenvalue weighted by atomic mass is 16.2. The molecule has 2 aromatic heterocycles. The van der Waals surface area contributed by atoms with Crippen LogP contribution in [0.5, 0.6) is 0 Å². The fourth-order valence-corrected chi connectivity index (χ4v) is 4.86. The molecule has 0 saturated carbocycles. The number of rotatable bonds is 5. The highest BCUT2D eigenvalue weighted by molar-refractivity contribution is 5.78. The molecule has 0 radical (unpaired) electrons. The summed E-state index contributed by atoms with van der Waals surface area (Å²) in [4.78, 5) is 31.5. The summed E-state index contributed by atoms with van der Waals surface area (Å²) in [6, 6.07) is 0. The number of anilines is 1. The summed E-state index contributed by atoms with van der Waals surface area (Å²) in [5.41, 5.74) is 2.43. The topological polar surface area (TPSA) is 67.2 Å². The molecule has 30 heavy (non-hydrogen) atoms. The van der Waals surface area contributed by atoms with Crippen molar-refractivity contribution in [2.45, 2.75) is 65.3 Å². The van der Waals surface area contributed by atoms with Crippen LogP contribution in [0.3, 0.4) is 0 Å². The van der Waals surface area contributed by atoms with Gasteiger partial charge in [-0.25, -0.2) is 15.0 Å². The molecule has 0 unspecified atom stereocenters. The predicted octanol–water partition coefficient (Wildman–Crippen LogP) is 2.97. The Kier molecular flexibility index (Phi) is 6.06. The Labute approximate surface area is 179 Å². The van der Waals surface area contributed by atoms with Gasteiger partial charge in [-0.2, -0.15) is 0 Å². The van der Waals surface area contributed by atoms with Gasteiger partial charge in [0.05, 0.1) is 5.92 Å². The lowest BCUT2D eigenvalue weighted by atomic mass is 9.94. The van der Waals surface area contributed by atoms with E-state index in [1.165, 1.54) is 12.0 Å². The first-order chi connectivity index (χ1) is 14.5. The third kappa shape index (κ3) is 4.07. The maximum absolute atomic E-state index is 13.0. The third-order valence-corrected chi connectivity index (χ3v) is 6.67. The van der Waals surface area contributed by atoms with E-state index in [1.807, 2.05) is 24.2 Å². The quantitative estimate of drug-likeness (QED) is 0.758. The van der Waals surface area contributed by atoms with Gasteiger partial charge in [0.25, 0.3) is 0 Å². The van der Waals surface area contributed by atoms with E-state index in [1.54, 1.807) is 0 Å². The number of carbonyl (C=O) groups is 1. The van der Waals surface area contributed by atoms with Crippen molar-refractivity contribution in [3.8, 4) is 0 Å². The fourth-order valence-electron chi connectivity index (χ4n) is 4.86. The molecular weight excluding hydrogens is 376 g/mol. The Morgan fingerprint density at radius 3 is 2.73 bits per heavy atom. The summed E-state index contributed by atoms with van der Waals surface area (Å²) in [5, 5.41) is 0. The maximum atomic E-state index is 13.0. The molecule has 2 aromatic rings. The number of aryl methyl sites for hydroxylation is 2. The summed E-state index contributed by atoms with van der Waals surface area (Å²) >= 11 is 0. The molecule has 0 aromatic carbocycles. The average molecular weight is 411 g/mol. The number of imidazole rings is 1. The molecule has 4 heterocycles. The van der Waals surface area contributed by atoms with E-state index >= 15 is 0 Å². The second-order valence-electron chi connectivity index (χ2n) is 8.84. The number of aromatic nitrogens is 4. The van der Waals surface area contributed by atoms with E-state index in [2.05, 4.69) is 35.3 Å². The van der Waals surface area contributed by atoms with Crippen LogP contribution in [-0.2, 0) is 24.2 Å². The normalized spacial score (nSPS) is 18.4. The van der Waals surface area contributed by atoms with Gasteiger partial charge in [0.2, 0.25) is 5.91 Å². The number of likely N-dealkylation sites (tertiary alicyclic amines) is 1. The van der Waals surface area contributed by atoms with Gasteiger partial charge in [0, 0.05) is 69.2 Å². The zero-order valence-electron chi connectivity index (χ0n) is 18.8. The molecule has 0 aliphatic carbocycles. The predicted molar refractivity (Wildman–Crippen MR) is 118 cm³/mol. The van der Waals surface area contributed by atoms with Crippen LogP contribution in [0.4, 0.5) is 5.82 Å². The van der Waals surface area contributed by atoms with Gasteiger partial charge in [-0.05, 0) is 32.6 Å². The minimum Gasteiger partial charge on any atom is -0.359 e. The zero-order valence-corrected chi connectivity index (χ0v) is 18.8. The van der Waals surface area contributed by atoms with Crippen molar-refractivity contribution in [1.29, 1.82) is 0 Å². The molecule has 1 fully saturated rings. The average Bonchev–Trinajstić information content (AvgIpc) is 3.21. The van der Waals surface area contributed by atoms with Gasteiger partial charge < -0.3 is 14.4 Å². The van der Waals surface area contributed by atoms with Crippen molar-refractivity contribution >= 4 is 11.7 Å². The standard InChI is InChI=1S/C23H34N6O/c1-5-20-24-10-14-29(20)15-16(2)23(30)28-12-8-18(9-13-28)21-25-17(3)19-7-6-11-27(4)22(19)26-21/h10,14,16,18H,5-9,11-13,15H2,1-4H3/t16-/m1/s1. The van der Waals surface area contributed by atoms with Gasteiger partial charge >= 0.3 is 0 Å². The molecule has 2 aliphatic heterocycles. The molecule has 1 amide bonds. The lowest BCUT2D eigenvalue weighted by Crippen LogP contribution is -2.42. The summed E-state index contributed by atoms with van der Waals surface area (Å²) < 4.78 is 2.11. The first kappa shape index (κ1) is 20.8. The van der Waals surface area contributed by atoms with E-state index in [-0.39, 0.29) is 11.8 Å². The van der Waals surface area contributed by atoms with Crippen molar-refractivity contribution in [3.63, 3.8) is 0 Å². The Morgan fingerprint density at radius 1 is 1.23 bits per heavy atom. The van der Waals surface area contributed by atoms with Crippen molar-refractivity contribution in [1.82, 2.24) is 24.4 Å². The fraction of sp³-hybridized carbons (Fsp3) is 0.652. The number of fused-ring (bicyclic) bond motifs is 1. The summed E-state index contributed by atoms with van der Waals surface area (Å²) in [5.74, 6) is 3.65. The Hall–Kier alpha value is -2.44. The smallest absolute Gasteiger partial charge is 0.227 e. The molecule has 1 saturated heterocycles. The number of carbonyl (C=O) groups excluding carboxylic acids is 1. The highest BCUT2D eigenvalue weighted by Crippen LogP contribution is 2.31. The van der Waals surface area contributed by atoms with Crippen molar-refractivity contribution < 1.29 is 4.79 Å². The molecule has 1 atom stereocenters. The molecule has 0 bridgehead atoms. The lowest BCUT2D eigenvalue weighted by Gasteiger charge is -2.34. The molecule has 0 spiro atoms. The maximum Gasteiger partial charge on any atom is 0.227 e. The number of hydrogen-bond donors (Lipinski definition) is 0. The minimum atomic E-state index is -0.0445. The summed E-state index contributed by atoms with van der Waals surface area (Å²) in [6.45, 7) is 9.56.